The van der Waals surface area contributed by atoms with Crippen LogP contribution in [0.5, 0.6) is 0 Å². The van der Waals surface area contributed by atoms with E-state index in [-0.39, 0.29) is 5.54 Å². The first-order chi connectivity index (χ1) is 11.1. The van der Waals surface area contributed by atoms with Crippen molar-refractivity contribution in [3.63, 3.8) is 0 Å². The lowest BCUT2D eigenvalue weighted by molar-refractivity contribution is 0.0525. The van der Waals surface area contributed by atoms with Crippen LogP contribution in [0.2, 0.25) is 0 Å². The topological polar surface area (TPSA) is 64.1 Å². The van der Waals surface area contributed by atoms with Gasteiger partial charge in [0.15, 0.2) is 0 Å². The first kappa shape index (κ1) is 15.9. The van der Waals surface area contributed by atoms with Crippen LogP contribution in [0.4, 0.5) is 5.95 Å². The van der Waals surface area contributed by atoms with Crippen molar-refractivity contribution in [1.29, 1.82) is 0 Å². The summed E-state index contributed by atoms with van der Waals surface area (Å²) in [4.78, 5) is 20.2. The molecule has 1 N–H and O–H groups in total. The normalized spacial score (nSPS) is 15.6. The van der Waals surface area contributed by atoms with Crippen LogP contribution in [0, 0.1) is 0 Å². The fourth-order valence-corrected chi connectivity index (χ4v) is 2.98. The van der Waals surface area contributed by atoms with Crippen LogP contribution in [0.25, 0.3) is 0 Å². The van der Waals surface area contributed by atoms with Crippen LogP contribution < -0.4 is 5.32 Å². The van der Waals surface area contributed by atoms with E-state index in [1.165, 1.54) is 24.4 Å². The largest absolute Gasteiger partial charge is 0.462 e. The molecule has 1 saturated carbocycles. The molecule has 0 spiro atoms. The molecular weight excluding hydrogens is 358 g/mol. The van der Waals surface area contributed by atoms with Gasteiger partial charge >= 0.3 is 5.97 Å². The second-order valence-corrected chi connectivity index (χ2v) is 6.50. The Morgan fingerprint density at radius 2 is 1.91 bits per heavy atom. The summed E-state index contributed by atoms with van der Waals surface area (Å²) < 4.78 is 6.00. The Balaban J connectivity index is 1.77. The van der Waals surface area contributed by atoms with Gasteiger partial charge in [0.05, 0.1) is 17.7 Å². The quantitative estimate of drug-likeness (QED) is 0.802. The Hall–Kier alpha value is -1.95. The van der Waals surface area contributed by atoms with E-state index >= 15 is 0 Å². The monoisotopic (exact) mass is 375 g/mol. The maximum atomic E-state index is 11.6. The van der Waals surface area contributed by atoms with Crippen LogP contribution in [0.3, 0.4) is 0 Å². The smallest absolute Gasteiger partial charge is 0.341 e. The lowest BCUT2D eigenvalue weighted by Gasteiger charge is -2.43. The number of esters is 1. The van der Waals surface area contributed by atoms with Gasteiger partial charge in [-0.25, -0.2) is 14.8 Å². The summed E-state index contributed by atoms with van der Waals surface area (Å²) in [6.07, 6.45) is 6.25. The molecule has 1 aromatic carbocycles. The molecule has 1 heterocycles. The molecule has 3 rings (SSSR count). The molecule has 0 unspecified atom stereocenters. The average molecular weight is 376 g/mol. The lowest BCUT2D eigenvalue weighted by atomic mass is 9.72. The number of nitrogens with zero attached hydrogens (tertiary/aromatic N) is 2. The molecule has 0 radical (unpaired) electrons. The molecule has 120 valence electrons. The SMILES string of the molecule is CCOC(=O)c1cnc(NC2(c3ccc(Br)cc3)CCC2)nc1. The van der Waals surface area contributed by atoms with Gasteiger partial charge in [-0.05, 0) is 43.9 Å². The molecule has 0 aliphatic heterocycles. The number of hydrogen-bond acceptors (Lipinski definition) is 5. The van der Waals surface area contributed by atoms with Crippen molar-refractivity contribution >= 4 is 27.8 Å². The van der Waals surface area contributed by atoms with E-state index in [1.54, 1.807) is 6.92 Å². The minimum absolute atomic E-state index is 0.119. The zero-order valence-corrected chi connectivity index (χ0v) is 14.5. The number of anilines is 1. The third kappa shape index (κ3) is 3.37. The second kappa shape index (κ2) is 6.66. The average Bonchev–Trinajstić information content (AvgIpc) is 2.53. The molecule has 1 aliphatic carbocycles. The summed E-state index contributed by atoms with van der Waals surface area (Å²) in [5.74, 6) is 0.131. The standard InChI is InChI=1S/C17H18BrN3O2/c1-2-23-15(22)12-10-19-16(20-11-12)21-17(8-3-9-17)13-4-6-14(18)7-5-13/h4-7,10-11H,2-3,8-9H2,1H3,(H,19,20,21). The highest BCUT2D eigenvalue weighted by Crippen LogP contribution is 2.43. The van der Waals surface area contributed by atoms with Crippen molar-refractivity contribution in [2.75, 3.05) is 11.9 Å². The fourth-order valence-electron chi connectivity index (χ4n) is 2.71. The minimum Gasteiger partial charge on any atom is -0.462 e. The number of rotatable bonds is 5. The maximum absolute atomic E-state index is 11.6. The van der Waals surface area contributed by atoms with Gasteiger partial charge < -0.3 is 10.1 Å². The molecule has 0 atom stereocenters. The van der Waals surface area contributed by atoms with Gasteiger partial charge in [0.25, 0.3) is 0 Å². The molecule has 0 bridgehead atoms. The van der Waals surface area contributed by atoms with Gasteiger partial charge in [-0.2, -0.15) is 0 Å². The molecule has 1 aliphatic rings. The Morgan fingerprint density at radius 1 is 1.26 bits per heavy atom. The molecule has 1 aromatic heterocycles. The van der Waals surface area contributed by atoms with E-state index in [4.69, 9.17) is 4.74 Å². The van der Waals surface area contributed by atoms with Crippen molar-refractivity contribution in [2.24, 2.45) is 0 Å². The number of nitrogens with one attached hydrogen (secondary N) is 1. The zero-order chi connectivity index (χ0) is 16.3. The Morgan fingerprint density at radius 3 is 2.43 bits per heavy atom. The van der Waals surface area contributed by atoms with Gasteiger partial charge in [-0.1, -0.05) is 28.1 Å². The third-order valence-electron chi connectivity index (χ3n) is 4.12. The molecule has 6 heteroatoms. The number of hydrogen-bond donors (Lipinski definition) is 1. The highest BCUT2D eigenvalue weighted by Gasteiger charge is 2.39. The zero-order valence-electron chi connectivity index (χ0n) is 12.9. The molecule has 23 heavy (non-hydrogen) atoms. The first-order valence-corrected chi connectivity index (χ1v) is 8.46. The number of carbonyl (C=O) groups excluding carboxylic acids is 1. The predicted octanol–water partition coefficient (Wildman–Crippen LogP) is 3.91. The summed E-state index contributed by atoms with van der Waals surface area (Å²) in [5, 5.41) is 3.44. The van der Waals surface area contributed by atoms with Gasteiger partial charge in [0.2, 0.25) is 5.95 Å². The van der Waals surface area contributed by atoms with E-state index < -0.39 is 5.97 Å². The molecular formula is C17H18BrN3O2. The summed E-state index contributed by atoms with van der Waals surface area (Å²) >= 11 is 3.46. The Kier molecular flexibility index (Phi) is 4.61. The van der Waals surface area contributed by atoms with Crippen LogP contribution in [-0.4, -0.2) is 22.5 Å². The summed E-state index contributed by atoms with van der Waals surface area (Å²) in [5.41, 5.74) is 1.47. The van der Waals surface area contributed by atoms with Crippen molar-refractivity contribution in [1.82, 2.24) is 9.97 Å². The highest BCUT2D eigenvalue weighted by molar-refractivity contribution is 9.10. The molecule has 0 saturated heterocycles. The first-order valence-electron chi connectivity index (χ1n) is 7.66. The number of carbonyl (C=O) groups is 1. The van der Waals surface area contributed by atoms with Crippen LogP contribution in [-0.2, 0) is 10.3 Å². The highest BCUT2D eigenvalue weighted by atomic mass is 79.9. The minimum atomic E-state index is -0.398. The number of ether oxygens (including phenoxy) is 1. The van der Waals surface area contributed by atoms with Crippen molar-refractivity contribution < 1.29 is 9.53 Å². The number of halogens is 1. The van der Waals surface area contributed by atoms with E-state index in [9.17, 15) is 4.79 Å². The fraction of sp³-hybridized carbons (Fsp3) is 0.353. The molecule has 5 nitrogen and oxygen atoms in total. The van der Waals surface area contributed by atoms with E-state index in [2.05, 4.69) is 43.3 Å². The van der Waals surface area contributed by atoms with Crippen LogP contribution in [0.15, 0.2) is 41.1 Å². The second-order valence-electron chi connectivity index (χ2n) is 5.58. The Labute approximate surface area is 143 Å². The maximum Gasteiger partial charge on any atom is 0.341 e. The number of benzene rings is 1. The number of aromatic nitrogens is 2. The van der Waals surface area contributed by atoms with Gasteiger partial charge in [0, 0.05) is 16.9 Å². The van der Waals surface area contributed by atoms with Crippen molar-refractivity contribution in [3.8, 4) is 0 Å². The van der Waals surface area contributed by atoms with Crippen LogP contribution in [0.1, 0.15) is 42.1 Å². The van der Waals surface area contributed by atoms with Gasteiger partial charge in [-0.3, -0.25) is 0 Å². The van der Waals surface area contributed by atoms with Crippen LogP contribution >= 0.6 is 15.9 Å². The summed E-state index contributed by atoms with van der Waals surface area (Å²) in [6, 6.07) is 8.32. The lowest BCUT2D eigenvalue weighted by Crippen LogP contribution is -2.42. The van der Waals surface area contributed by atoms with E-state index in [0.29, 0.717) is 18.1 Å². The van der Waals surface area contributed by atoms with Gasteiger partial charge in [0.1, 0.15) is 0 Å². The van der Waals surface area contributed by atoms with Crippen molar-refractivity contribution in [3.05, 3.63) is 52.3 Å². The van der Waals surface area contributed by atoms with E-state index in [1.807, 2.05) is 12.1 Å². The summed E-state index contributed by atoms with van der Waals surface area (Å²) in [6.45, 7) is 2.11. The molecule has 0 amide bonds. The van der Waals surface area contributed by atoms with E-state index in [0.717, 1.165) is 17.3 Å². The molecule has 2 aromatic rings. The van der Waals surface area contributed by atoms with Crippen molar-refractivity contribution in [2.45, 2.75) is 31.7 Å². The summed E-state index contributed by atoms with van der Waals surface area (Å²) in [7, 11) is 0. The Bertz CT molecular complexity index is 682. The molecule has 1 fully saturated rings. The third-order valence-corrected chi connectivity index (χ3v) is 4.65. The predicted molar refractivity (Wildman–Crippen MR) is 91.3 cm³/mol. The van der Waals surface area contributed by atoms with Gasteiger partial charge in [-0.15, -0.1) is 0 Å².